The van der Waals surface area contributed by atoms with Gasteiger partial charge in [0, 0.05) is 16.1 Å². The van der Waals surface area contributed by atoms with Gasteiger partial charge < -0.3 is 14.5 Å². The number of furan rings is 1. The van der Waals surface area contributed by atoms with Crippen LogP contribution in [0.25, 0.3) is 5.69 Å². The fourth-order valence-electron chi connectivity index (χ4n) is 4.02. The maximum Gasteiger partial charge on any atom is 0.223 e. The van der Waals surface area contributed by atoms with Crippen LogP contribution in [-0.4, -0.2) is 33.5 Å². The van der Waals surface area contributed by atoms with E-state index in [9.17, 15) is 4.79 Å². The fraction of sp³-hybridized carbons (Fsp3) is 0.200. The van der Waals surface area contributed by atoms with Gasteiger partial charge in [-0.3, -0.25) is 14.4 Å². The molecule has 0 fully saturated rings. The van der Waals surface area contributed by atoms with Crippen molar-refractivity contribution < 1.29 is 13.9 Å². The molecule has 3 heterocycles. The number of fused-ring (bicyclic) bond motifs is 3. The number of rotatable bonds is 6. The van der Waals surface area contributed by atoms with Crippen LogP contribution in [0.2, 0.25) is 5.02 Å². The van der Waals surface area contributed by atoms with E-state index < -0.39 is 6.04 Å². The molecule has 0 saturated carbocycles. The number of aryl methyl sites for hydroxylation is 1. The number of amides is 1. The van der Waals surface area contributed by atoms with Gasteiger partial charge in [-0.25, -0.2) is 0 Å². The first-order chi connectivity index (χ1) is 16.5. The number of ether oxygens (including phenoxy) is 1. The molecular formula is C25H22ClN5O3. The Labute approximate surface area is 201 Å². The zero-order valence-electron chi connectivity index (χ0n) is 18.7. The maximum atomic E-state index is 12.9. The van der Waals surface area contributed by atoms with Crippen LogP contribution in [0.4, 0.5) is 0 Å². The lowest BCUT2D eigenvalue weighted by Gasteiger charge is -2.14. The predicted molar refractivity (Wildman–Crippen MR) is 128 cm³/mol. The standard InChI is InChI=1S/C25H22ClN5O3/c1-15-29-30-25-21(13-23(32)27-14-19-4-3-11-34-19)28-24(16-5-7-17(26)8-6-16)20-12-18(33-2)9-10-22(20)31(15)25/h3-12,21H,13-14H2,1-2H3,(H,27,32). The van der Waals surface area contributed by atoms with Crippen LogP contribution >= 0.6 is 11.6 Å². The molecule has 5 rings (SSSR count). The Hall–Kier alpha value is -3.91. The van der Waals surface area contributed by atoms with Gasteiger partial charge in [0.2, 0.25) is 5.91 Å². The Morgan fingerprint density at radius 2 is 2.00 bits per heavy atom. The van der Waals surface area contributed by atoms with Crippen LogP contribution in [-0.2, 0) is 11.3 Å². The van der Waals surface area contributed by atoms with Crippen LogP contribution in [0.3, 0.4) is 0 Å². The second-order valence-electron chi connectivity index (χ2n) is 7.88. The molecular weight excluding hydrogens is 454 g/mol. The molecule has 34 heavy (non-hydrogen) atoms. The van der Waals surface area contributed by atoms with Gasteiger partial charge in [-0.15, -0.1) is 10.2 Å². The minimum absolute atomic E-state index is 0.0983. The van der Waals surface area contributed by atoms with E-state index in [0.29, 0.717) is 34.7 Å². The number of hydrogen-bond donors (Lipinski definition) is 1. The minimum atomic E-state index is -0.554. The number of nitrogens with one attached hydrogen (secondary N) is 1. The lowest BCUT2D eigenvalue weighted by molar-refractivity contribution is -0.121. The summed E-state index contributed by atoms with van der Waals surface area (Å²) in [5.74, 6) is 2.51. The number of hydrogen-bond acceptors (Lipinski definition) is 6. The summed E-state index contributed by atoms with van der Waals surface area (Å²) in [7, 11) is 1.62. The zero-order chi connectivity index (χ0) is 23.7. The number of aromatic nitrogens is 3. The molecule has 1 aliphatic rings. The van der Waals surface area contributed by atoms with E-state index in [2.05, 4.69) is 15.5 Å². The Kier molecular flexibility index (Phi) is 5.90. The molecule has 2 aromatic heterocycles. The third kappa shape index (κ3) is 4.20. The molecule has 8 nitrogen and oxygen atoms in total. The van der Waals surface area contributed by atoms with Crippen molar-refractivity contribution in [1.82, 2.24) is 20.1 Å². The highest BCUT2D eigenvalue weighted by Gasteiger charge is 2.30. The highest BCUT2D eigenvalue weighted by molar-refractivity contribution is 6.30. The van der Waals surface area contributed by atoms with Gasteiger partial charge >= 0.3 is 0 Å². The number of nitrogens with zero attached hydrogens (tertiary/aromatic N) is 4. The maximum absolute atomic E-state index is 12.9. The monoisotopic (exact) mass is 475 g/mol. The van der Waals surface area contributed by atoms with Crippen LogP contribution in [0.15, 0.2) is 70.3 Å². The third-order valence-corrected chi connectivity index (χ3v) is 5.92. The molecule has 0 aliphatic carbocycles. The van der Waals surface area contributed by atoms with Crippen molar-refractivity contribution in [1.29, 1.82) is 0 Å². The van der Waals surface area contributed by atoms with Gasteiger partial charge in [0.1, 0.15) is 23.4 Å². The minimum Gasteiger partial charge on any atom is -0.497 e. The van der Waals surface area contributed by atoms with Crippen LogP contribution in [0, 0.1) is 6.92 Å². The van der Waals surface area contributed by atoms with Crippen LogP contribution in [0.5, 0.6) is 5.75 Å². The molecule has 1 N–H and O–H groups in total. The number of methoxy groups -OCH3 is 1. The molecule has 0 saturated heterocycles. The molecule has 0 bridgehead atoms. The van der Waals surface area contributed by atoms with Gasteiger partial charge in [0.25, 0.3) is 0 Å². The van der Waals surface area contributed by atoms with Gasteiger partial charge in [-0.05, 0) is 49.4 Å². The van der Waals surface area contributed by atoms with E-state index in [1.807, 2.05) is 60.0 Å². The number of carbonyl (C=O) groups excluding carboxylic acids is 1. The van der Waals surface area contributed by atoms with Crippen LogP contribution in [0.1, 0.15) is 41.0 Å². The molecule has 0 spiro atoms. The zero-order valence-corrected chi connectivity index (χ0v) is 19.4. The number of benzene rings is 2. The van der Waals surface area contributed by atoms with E-state index in [4.69, 9.17) is 25.7 Å². The van der Waals surface area contributed by atoms with E-state index >= 15 is 0 Å². The molecule has 2 aromatic carbocycles. The van der Waals surface area contributed by atoms with Gasteiger partial charge in [-0.2, -0.15) is 0 Å². The highest BCUT2D eigenvalue weighted by Crippen LogP contribution is 2.34. The van der Waals surface area contributed by atoms with Crippen molar-refractivity contribution >= 4 is 23.2 Å². The molecule has 1 aliphatic heterocycles. The Morgan fingerprint density at radius 3 is 2.74 bits per heavy atom. The van der Waals surface area contributed by atoms with Crippen molar-refractivity contribution in [3.63, 3.8) is 0 Å². The Bertz CT molecular complexity index is 1360. The Balaban J connectivity index is 1.59. The molecule has 1 amide bonds. The number of aliphatic imine (C=N–C) groups is 1. The molecule has 4 aromatic rings. The van der Waals surface area contributed by atoms with E-state index in [-0.39, 0.29) is 12.3 Å². The molecule has 9 heteroatoms. The Morgan fingerprint density at radius 1 is 1.18 bits per heavy atom. The summed E-state index contributed by atoms with van der Waals surface area (Å²) in [6.07, 6.45) is 1.67. The summed E-state index contributed by atoms with van der Waals surface area (Å²) in [6, 6.07) is 16.3. The average molecular weight is 476 g/mol. The van der Waals surface area contributed by atoms with Gasteiger partial charge in [0.15, 0.2) is 5.82 Å². The summed E-state index contributed by atoms with van der Waals surface area (Å²) in [5, 5.41) is 12.2. The summed E-state index contributed by atoms with van der Waals surface area (Å²) in [5.41, 5.74) is 3.31. The average Bonchev–Trinajstić information content (AvgIpc) is 3.48. The van der Waals surface area contributed by atoms with Crippen LogP contribution < -0.4 is 10.1 Å². The first kappa shape index (κ1) is 21.9. The van der Waals surface area contributed by atoms with Crippen molar-refractivity contribution in [2.24, 2.45) is 4.99 Å². The second-order valence-corrected chi connectivity index (χ2v) is 8.32. The summed E-state index contributed by atoms with van der Waals surface area (Å²) >= 11 is 6.14. The van der Waals surface area contributed by atoms with Crippen molar-refractivity contribution in [3.8, 4) is 11.4 Å². The third-order valence-electron chi connectivity index (χ3n) is 5.67. The quantitative estimate of drug-likeness (QED) is 0.445. The summed E-state index contributed by atoms with van der Waals surface area (Å²) in [4.78, 5) is 17.9. The predicted octanol–water partition coefficient (Wildman–Crippen LogP) is 4.43. The summed E-state index contributed by atoms with van der Waals surface area (Å²) in [6.45, 7) is 2.18. The highest BCUT2D eigenvalue weighted by atomic mass is 35.5. The van der Waals surface area contributed by atoms with Crippen molar-refractivity contribution in [3.05, 3.63) is 94.4 Å². The van der Waals surface area contributed by atoms with Gasteiger partial charge in [0.05, 0.1) is 37.7 Å². The molecule has 1 atom stereocenters. The number of halogens is 1. The van der Waals surface area contributed by atoms with Gasteiger partial charge in [-0.1, -0.05) is 23.7 Å². The number of carbonyl (C=O) groups is 1. The molecule has 172 valence electrons. The van der Waals surface area contributed by atoms with Crippen molar-refractivity contribution in [2.75, 3.05) is 7.11 Å². The molecule has 1 unspecified atom stereocenters. The largest absolute Gasteiger partial charge is 0.497 e. The SMILES string of the molecule is COc1ccc2c(c1)C(c1ccc(Cl)cc1)=NC(CC(=O)NCc1ccco1)c1nnc(C)n1-2. The first-order valence-electron chi connectivity index (χ1n) is 10.8. The lowest BCUT2D eigenvalue weighted by atomic mass is 10.00. The van der Waals surface area contributed by atoms with E-state index in [1.54, 1.807) is 19.4 Å². The second kappa shape index (κ2) is 9.15. The summed E-state index contributed by atoms with van der Waals surface area (Å²) < 4.78 is 12.8. The fourth-order valence-corrected chi connectivity index (χ4v) is 4.15. The normalized spacial score (nSPS) is 14.6. The lowest BCUT2D eigenvalue weighted by Crippen LogP contribution is -2.25. The first-order valence-corrected chi connectivity index (χ1v) is 11.1. The van der Waals surface area contributed by atoms with Crippen molar-refractivity contribution in [2.45, 2.75) is 25.9 Å². The van der Waals surface area contributed by atoms with E-state index in [1.165, 1.54) is 0 Å². The topological polar surface area (TPSA) is 94.5 Å². The molecule has 0 radical (unpaired) electrons. The smallest absolute Gasteiger partial charge is 0.223 e. The van der Waals surface area contributed by atoms with E-state index in [0.717, 1.165) is 22.5 Å².